The Labute approximate surface area is 160 Å². The molecule has 2 aromatic rings. The molecule has 2 unspecified atom stereocenters. The monoisotopic (exact) mass is 365 g/mol. The van der Waals surface area contributed by atoms with Crippen LogP contribution in [0.1, 0.15) is 73.3 Å². The third kappa shape index (κ3) is 4.53. The lowest BCUT2D eigenvalue weighted by atomic mass is 9.77. The van der Waals surface area contributed by atoms with E-state index in [-0.39, 0.29) is 18.4 Å². The van der Waals surface area contributed by atoms with Gasteiger partial charge in [-0.3, -0.25) is 14.8 Å². The minimum atomic E-state index is -0.748. The molecule has 2 aliphatic rings. The molecule has 5 nitrogen and oxygen atoms in total. The number of aromatic nitrogens is 2. The van der Waals surface area contributed by atoms with Gasteiger partial charge in [-0.05, 0) is 42.9 Å². The van der Waals surface area contributed by atoms with E-state index >= 15 is 0 Å². The topological polar surface area (TPSA) is 75.1 Å². The Hall–Kier alpha value is -2.27. The van der Waals surface area contributed by atoms with E-state index in [0.29, 0.717) is 17.4 Å². The molecule has 0 spiro atoms. The van der Waals surface area contributed by atoms with E-state index in [1.807, 2.05) is 12.3 Å². The number of nitrogens with one attached hydrogen (secondary N) is 1. The van der Waals surface area contributed by atoms with Gasteiger partial charge in [0.2, 0.25) is 5.91 Å². The van der Waals surface area contributed by atoms with Crippen LogP contribution in [-0.2, 0) is 4.79 Å². The van der Waals surface area contributed by atoms with Crippen molar-refractivity contribution in [3.05, 3.63) is 59.7 Å². The maximum Gasteiger partial charge on any atom is 0.227 e. The number of rotatable bonds is 8. The summed E-state index contributed by atoms with van der Waals surface area (Å²) in [4.78, 5) is 21.5. The van der Waals surface area contributed by atoms with Crippen molar-refractivity contribution in [1.82, 2.24) is 15.3 Å². The van der Waals surface area contributed by atoms with Gasteiger partial charge in [-0.2, -0.15) is 0 Å². The largest absolute Gasteiger partial charge is 0.387 e. The maximum atomic E-state index is 12.9. The van der Waals surface area contributed by atoms with Crippen LogP contribution in [-0.4, -0.2) is 27.5 Å². The van der Waals surface area contributed by atoms with Crippen LogP contribution in [0.4, 0.5) is 0 Å². The number of nitrogens with zero attached hydrogens (tertiary/aromatic N) is 2. The first-order valence-corrected chi connectivity index (χ1v) is 10.0. The lowest BCUT2D eigenvalue weighted by Crippen LogP contribution is -2.34. The number of carbonyl (C=O) groups is 1. The molecule has 0 aliphatic heterocycles. The van der Waals surface area contributed by atoms with Gasteiger partial charge in [0.25, 0.3) is 0 Å². The summed E-state index contributed by atoms with van der Waals surface area (Å²) in [6.07, 6.45) is 11.4. The van der Waals surface area contributed by atoms with Gasteiger partial charge >= 0.3 is 0 Å². The predicted octanol–water partition coefficient (Wildman–Crippen LogP) is 3.48. The van der Waals surface area contributed by atoms with E-state index in [1.165, 1.54) is 32.1 Å². The Balaban J connectivity index is 1.41. The molecule has 2 N–H and O–H groups in total. The number of pyridine rings is 2. The number of hydrogen-bond donors (Lipinski definition) is 2. The highest BCUT2D eigenvalue weighted by Gasteiger charge is 2.29. The van der Waals surface area contributed by atoms with Crippen LogP contribution in [0.15, 0.2) is 42.9 Å². The fraction of sp³-hybridized carbons (Fsp3) is 0.500. The standard InChI is InChI=1S/C22H27N3O2/c26-21(18-5-2-10-23-12-18)14-25-22(27)19(11-15-3-1-4-15)17-8-9-20(24-13-17)16-6-7-16/h2,5,8-10,12-13,15-16,19,21,26H,1,3-4,6-7,11,14H2,(H,25,27). The first kappa shape index (κ1) is 18.1. The first-order valence-electron chi connectivity index (χ1n) is 10.0. The Morgan fingerprint density at radius 1 is 1.15 bits per heavy atom. The molecule has 2 aliphatic carbocycles. The van der Waals surface area contributed by atoms with Crippen LogP contribution in [0, 0.1) is 5.92 Å². The van der Waals surface area contributed by atoms with Crippen LogP contribution in [0.2, 0.25) is 0 Å². The Morgan fingerprint density at radius 2 is 2.00 bits per heavy atom. The normalized spacial score (nSPS) is 19.1. The zero-order valence-corrected chi connectivity index (χ0v) is 15.6. The zero-order chi connectivity index (χ0) is 18.6. The SMILES string of the molecule is O=C(NCC(O)c1cccnc1)C(CC1CCC1)c1ccc(C2CC2)nc1. The van der Waals surface area contributed by atoms with Crippen LogP contribution in [0.25, 0.3) is 0 Å². The molecule has 0 aromatic carbocycles. The summed E-state index contributed by atoms with van der Waals surface area (Å²) < 4.78 is 0. The lowest BCUT2D eigenvalue weighted by molar-refractivity contribution is -0.123. The summed E-state index contributed by atoms with van der Waals surface area (Å²) in [7, 11) is 0. The molecule has 2 atom stereocenters. The first-order chi connectivity index (χ1) is 13.2. The fourth-order valence-corrected chi connectivity index (χ4v) is 3.71. The molecule has 2 saturated carbocycles. The van der Waals surface area contributed by atoms with Crippen molar-refractivity contribution in [3.63, 3.8) is 0 Å². The highest BCUT2D eigenvalue weighted by molar-refractivity contribution is 5.83. The molecule has 2 aromatic heterocycles. The van der Waals surface area contributed by atoms with Crippen molar-refractivity contribution >= 4 is 5.91 Å². The summed E-state index contributed by atoms with van der Waals surface area (Å²) in [5, 5.41) is 13.2. The second-order valence-electron chi connectivity index (χ2n) is 7.92. The molecular formula is C22H27N3O2. The van der Waals surface area contributed by atoms with E-state index in [0.717, 1.165) is 17.7 Å². The van der Waals surface area contributed by atoms with Gasteiger partial charge < -0.3 is 10.4 Å². The second kappa shape index (κ2) is 8.17. The Morgan fingerprint density at radius 3 is 2.59 bits per heavy atom. The zero-order valence-electron chi connectivity index (χ0n) is 15.6. The van der Waals surface area contributed by atoms with Gasteiger partial charge in [0.15, 0.2) is 0 Å². The number of amides is 1. The van der Waals surface area contributed by atoms with Crippen molar-refractivity contribution in [2.75, 3.05) is 6.54 Å². The average Bonchev–Trinajstić information content (AvgIpc) is 3.51. The van der Waals surface area contributed by atoms with E-state index in [2.05, 4.69) is 27.4 Å². The van der Waals surface area contributed by atoms with Crippen molar-refractivity contribution in [1.29, 1.82) is 0 Å². The predicted molar refractivity (Wildman–Crippen MR) is 103 cm³/mol. The minimum Gasteiger partial charge on any atom is -0.387 e. The quantitative estimate of drug-likeness (QED) is 0.751. The Kier molecular flexibility index (Phi) is 5.48. The average molecular weight is 365 g/mol. The molecule has 0 radical (unpaired) electrons. The molecule has 5 heteroatoms. The van der Waals surface area contributed by atoms with Crippen LogP contribution >= 0.6 is 0 Å². The van der Waals surface area contributed by atoms with Crippen molar-refractivity contribution < 1.29 is 9.90 Å². The van der Waals surface area contributed by atoms with E-state index in [4.69, 9.17) is 0 Å². The minimum absolute atomic E-state index is 0.0224. The smallest absolute Gasteiger partial charge is 0.227 e. The second-order valence-corrected chi connectivity index (χ2v) is 7.92. The van der Waals surface area contributed by atoms with Crippen LogP contribution in [0.5, 0.6) is 0 Å². The van der Waals surface area contributed by atoms with Crippen molar-refractivity contribution in [2.24, 2.45) is 5.92 Å². The van der Waals surface area contributed by atoms with Gasteiger partial charge in [-0.25, -0.2) is 0 Å². The van der Waals surface area contributed by atoms with Gasteiger partial charge in [-0.15, -0.1) is 0 Å². The number of aliphatic hydroxyl groups is 1. The number of aliphatic hydroxyl groups excluding tert-OH is 1. The summed E-state index contributed by atoms with van der Waals surface area (Å²) in [6.45, 7) is 0.194. The van der Waals surface area contributed by atoms with E-state index < -0.39 is 6.10 Å². The van der Waals surface area contributed by atoms with Gasteiger partial charge in [-0.1, -0.05) is 31.4 Å². The Bertz CT molecular complexity index is 755. The molecule has 0 saturated heterocycles. The van der Waals surface area contributed by atoms with Crippen molar-refractivity contribution in [3.8, 4) is 0 Å². The molecular weight excluding hydrogens is 338 g/mol. The third-order valence-electron chi connectivity index (χ3n) is 5.86. The van der Waals surface area contributed by atoms with Crippen LogP contribution in [0.3, 0.4) is 0 Å². The van der Waals surface area contributed by atoms with Crippen molar-refractivity contribution in [2.45, 2.75) is 56.5 Å². The molecule has 0 bridgehead atoms. The molecule has 27 heavy (non-hydrogen) atoms. The van der Waals surface area contributed by atoms with Gasteiger partial charge in [0, 0.05) is 42.3 Å². The highest BCUT2D eigenvalue weighted by Crippen LogP contribution is 2.40. The summed E-state index contributed by atoms with van der Waals surface area (Å²) in [5.74, 6) is 1.02. The van der Waals surface area contributed by atoms with Crippen LogP contribution < -0.4 is 5.32 Å². The summed E-state index contributed by atoms with van der Waals surface area (Å²) in [6, 6.07) is 7.75. The highest BCUT2D eigenvalue weighted by atomic mass is 16.3. The van der Waals surface area contributed by atoms with Gasteiger partial charge in [0.05, 0.1) is 12.0 Å². The maximum absolute atomic E-state index is 12.9. The molecule has 2 heterocycles. The molecule has 1 amide bonds. The third-order valence-corrected chi connectivity index (χ3v) is 5.86. The summed E-state index contributed by atoms with van der Waals surface area (Å²) >= 11 is 0. The molecule has 2 fully saturated rings. The summed E-state index contributed by atoms with van der Waals surface area (Å²) in [5.41, 5.74) is 2.84. The van der Waals surface area contributed by atoms with E-state index in [1.54, 1.807) is 18.5 Å². The lowest BCUT2D eigenvalue weighted by Gasteiger charge is -2.29. The van der Waals surface area contributed by atoms with E-state index in [9.17, 15) is 9.90 Å². The number of hydrogen-bond acceptors (Lipinski definition) is 4. The molecule has 4 rings (SSSR count). The van der Waals surface area contributed by atoms with Gasteiger partial charge in [0.1, 0.15) is 0 Å². The molecule has 142 valence electrons. The number of carbonyl (C=O) groups excluding carboxylic acids is 1. The fourth-order valence-electron chi connectivity index (χ4n) is 3.71.